The largest absolute Gasteiger partial charge is 0.348 e. The fraction of sp³-hybridized carbons (Fsp3) is 0.0870. The van der Waals surface area contributed by atoms with E-state index in [1.54, 1.807) is 24.3 Å². The number of hydrogen-bond donors (Lipinski definition) is 1. The van der Waals surface area contributed by atoms with Crippen LogP contribution in [0.25, 0.3) is 11.0 Å². The van der Waals surface area contributed by atoms with E-state index in [0.717, 1.165) is 23.1 Å². The molecular weight excluding hydrogens is 348 g/mol. The van der Waals surface area contributed by atoms with Gasteiger partial charge in [-0.3, -0.25) is 4.79 Å². The maximum atomic E-state index is 12.3. The van der Waals surface area contributed by atoms with E-state index >= 15 is 0 Å². The first-order valence-electron chi connectivity index (χ1n) is 8.99. The monoisotopic (exact) mass is 366 g/mol. The maximum Gasteiger partial charge on any atom is 0.251 e. The second-order valence-electron chi connectivity index (χ2n) is 6.55. The van der Waals surface area contributed by atoms with Crippen molar-refractivity contribution in [3.63, 3.8) is 0 Å². The quantitative estimate of drug-likeness (QED) is 0.582. The Morgan fingerprint density at radius 2 is 1.79 bits per heavy atom. The molecule has 136 valence electrons. The summed E-state index contributed by atoms with van der Waals surface area (Å²) in [5, 5.41) is 11.8. The van der Waals surface area contributed by atoms with Crippen molar-refractivity contribution >= 4 is 16.9 Å². The Kier molecular flexibility index (Phi) is 4.85. The molecule has 1 amide bonds. The number of nitrogens with zero attached hydrogens (tertiary/aromatic N) is 3. The highest BCUT2D eigenvalue weighted by Gasteiger charge is 2.07. The Labute approximate surface area is 162 Å². The van der Waals surface area contributed by atoms with Crippen LogP contribution in [0.5, 0.6) is 0 Å². The number of fused-ring (bicyclic) bond motifs is 1. The van der Waals surface area contributed by atoms with Crippen molar-refractivity contribution in [1.82, 2.24) is 14.9 Å². The van der Waals surface area contributed by atoms with E-state index in [0.29, 0.717) is 17.7 Å². The van der Waals surface area contributed by atoms with Gasteiger partial charge in [-0.15, -0.1) is 0 Å². The summed E-state index contributed by atoms with van der Waals surface area (Å²) >= 11 is 0. The number of amides is 1. The van der Waals surface area contributed by atoms with Gasteiger partial charge in [-0.1, -0.05) is 42.5 Å². The van der Waals surface area contributed by atoms with Gasteiger partial charge in [0.15, 0.2) is 0 Å². The molecule has 1 N–H and O–H groups in total. The minimum Gasteiger partial charge on any atom is -0.348 e. The molecule has 0 unspecified atom stereocenters. The highest BCUT2D eigenvalue weighted by Crippen LogP contribution is 2.14. The van der Waals surface area contributed by atoms with E-state index in [1.807, 2.05) is 42.7 Å². The van der Waals surface area contributed by atoms with Gasteiger partial charge in [0.25, 0.3) is 5.91 Å². The lowest BCUT2D eigenvalue weighted by Crippen LogP contribution is -2.22. The van der Waals surface area contributed by atoms with Crippen LogP contribution in [0.1, 0.15) is 27.0 Å². The van der Waals surface area contributed by atoms with Crippen LogP contribution in [0, 0.1) is 11.3 Å². The van der Waals surface area contributed by atoms with Gasteiger partial charge in [0, 0.05) is 18.7 Å². The molecule has 5 nitrogen and oxygen atoms in total. The second-order valence-corrected chi connectivity index (χ2v) is 6.55. The molecular formula is C23H18N4O. The summed E-state index contributed by atoms with van der Waals surface area (Å²) in [6, 6.07) is 24.9. The summed E-state index contributed by atoms with van der Waals surface area (Å²) in [6.45, 7) is 1.18. The van der Waals surface area contributed by atoms with Gasteiger partial charge in [-0.25, -0.2) is 4.98 Å². The third-order valence-electron chi connectivity index (χ3n) is 4.61. The average molecular weight is 366 g/mol. The first-order valence-corrected chi connectivity index (χ1v) is 8.99. The minimum atomic E-state index is -0.189. The number of hydrogen-bond acceptors (Lipinski definition) is 3. The minimum absolute atomic E-state index is 0.189. The lowest BCUT2D eigenvalue weighted by molar-refractivity contribution is 0.0951. The lowest BCUT2D eigenvalue weighted by Gasteiger charge is -2.08. The highest BCUT2D eigenvalue weighted by atomic mass is 16.1. The predicted octanol–water partition coefficient (Wildman–Crippen LogP) is 3.89. The van der Waals surface area contributed by atoms with Gasteiger partial charge < -0.3 is 9.88 Å². The van der Waals surface area contributed by atoms with Gasteiger partial charge in [0.05, 0.1) is 29.0 Å². The number of imidazole rings is 1. The SMILES string of the molecule is N#Cc1cccc(C(=O)NCc2ccc(Cn3cnc4ccccc43)cc2)c1. The van der Waals surface area contributed by atoms with Gasteiger partial charge in [0.1, 0.15) is 0 Å². The molecule has 3 aromatic carbocycles. The smallest absolute Gasteiger partial charge is 0.251 e. The number of aromatic nitrogens is 2. The van der Waals surface area contributed by atoms with Gasteiger partial charge in [-0.05, 0) is 41.5 Å². The van der Waals surface area contributed by atoms with E-state index in [2.05, 4.69) is 33.1 Å². The van der Waals surface area contributed by atoms with Crippen LogP contribution in [-0.2, 0) is 13.1 Å². The molecule has 0 atom stereocenters. The number of benzene rings is 3. The molecule has 0 saturated carbocycles. The van der Waals surface area contributed by atoms with Crippen molar-refractivity contribution < 1.29 is 4.79 Å². The van der Waals surface area contributed by atoms with E-state index in [4.69, 9.17) is 5.26 Å². The fourth-order valence-corrected chi connectivity index (χ4v) is 3.11. The molecule has 1 heterocycles. The van der Waals surface area contributed by atoms with Crippen LogP contribution in [0.2, 0.25) is 0 Å². The third-order valence-corrected chi connectivity index (χ3v) is 4.61. The molecule has 0 aliphatic rings. The Morgan fingerprint density at radius 1 is 1.00 bits per heavy atom. The molecule has 0 aliphatic heterocycles. The highest BCUT2D eigenvalue weighted by molar-refractivity contribution is 5.94. The molecule has 0 spiro atoms. The first kappa shape index (κ1) is 17.5. The Morgan fingerprint density at radius 3 is 2.61 bits per heavy atom. The standard InChI is InChI=1S/C23H18N4O/c24-13-19-4-3-5-20(12-19)23(28)25-14-17-8-10-18(11-9-17)15-27-16-26-21-6-1-2-7-22(21)27/h1-12,16H,14-15H2,(H,25,28). The number of nitrogens with one attached hydrogen (secondary N) is 1. The summed E-state index contributed by atoms with van der Waals surface area (Å²) in [4.78, 5) is 16.7. The molecule has 0 bridgehead atoms. The summed E-state index contributed by atoms with van der Waals surface area (Å²) in [6.07, 6.45) is 1.86. The molecule has 0 fully saturated rings. The normalized spacial score (nSPS) is 10.5. The number of carbonyl (C=O) groups is 1. The van der Waals surface area contributed by atoms with Gasteiger partial charge in [-0.2, -0.15) is 5.26 Å². The summed E-state index contributed by atoms with van der Waals surface area (Å²) < 4.78 is 2.12. The zero-order valence-electron chi connectivity index (χ0n) is 15.2. The Hall–Kier alpha value is -3.91. The van der Waals surface area contributed by atoms with Crippen molar-refractivity contribution in [3.8, 4) is 6.07 Å². The summed E-state index contributed by atoms with van der Waals surface area (Å²) in [7, 11) is 0. The first-order chi connectivity index (χ1) is 13.7. The van der Waals surface area contributed by atoms with Crippen molar-refractivity contribution in [3.05, 3.63) is 101 Å². The Bertz CT molecular complexity index is 1170. The molecule has 0 aliphatic carbocycles. The third kappa shape index (κ3) is 3.76. The Balaban J connectivity index is 1.39. The van der Waals surface area contributed by atoms with Crippen molar-refractivity contribution in [1.29, 1.82) is 5.26 Å². The second kappa shape index (κ2) is 7.77. The van der Waals surface area contributed by atoms with E-state index in [-0.39, 0.29) is 5.91 Å². The van der Waals surface area contributed by atoms with Crippen molar-refractivity contribution in [2.24, 2.45) is 0 Å². The molecule has 5 heteroatoms. The topological polar surface area (TPSA) is 70.7 Å². The van der Waals surface area contributed by atoms with E-state index in [9.17, 15) is 4.79 Å². The maximum absolute atomic E-state index is 12.3. The summed E-state index contributed by atoms with van der Waals surface area (Å²) in [5.41, 5.74) is 5.25. The van der Waals surface area contributed by atoms with E-state index < -0.39 is 0 Å². The van der Waals surface area contributed by atoms with Crippen LogP contribution in [0.3, 0.4) is 0 Å². The number of rotatable bonds is 5. The van der Waals surface area contributed by atoms with Crippen LogP contribution < -0.4 is 5.32 Å². The van der Waals surface area contributed by atoms with Crippen LogP contribution in [0.15, 0.2) is 79.1 Å². The van der Waals surface area contributed by atoms with Crippen molar-refractivity contribution in [2.75, 3.05) is 0 Å². The molecule has 0 radical (unpaired) electrons. The fourth-order valence-electron chi connectivity index (χ4n) is 3.11. The zero-order chi connectivity index (χ0) is 19.3. The molecule has 0 saturated heterocycles. The number of nitriles is 1. The molecule has 4 aromatic rings. The predicted molar refractivity (Wildman–Crippen MR) is 108 cm³/mol. The van der Waals surface area contributed by atoms with Crippen LogP contribution >= 0.6 is 0 Å². The average Bonchev–Trinajstić information content (AvgIpc) is 3.16. The van der Waals surface area contributed by atoms with Crippen LogP contribution in [0.4, 0.5) is 0 Å². The zero-order valence-corrected chi connectivity index (χ0v) is 15.2. The lowest BCUT2D eigenvalue weighted by atomic mass is 10.1. The molecule has 28 heavy (non-hydrogen) atoms. The van der Waals surface area contributed by atoms with Crippen LogP contribution in [-0.4, -0.2) is 15.5 Å². The van der Waals surface area contributed by atoms with E-state index in [1.165, 1.54) is 5.56 Å². The molecule has 1 aromatic heterocycles. The van der Waals surface area contributed by atoms with Gasteiger partial charge in [0.2, 0.25) is 0 Å². The van der Waals surface area contributed by atoms with Gasteiger partial charge >= 0.3 is 0 Å². The summed E-state index contributed by atoms with van der Waals surface area (Å²) in [5.74, 6) is -0.189. The number of para-hydroxylation sites is 2. The molecule has 4 rings (SSSR count). The van der Waals surface area contributed by atoms with Crippen molar-refractivity contribution in [2.45, 2.75) is 13.1 Å². The number of carbonyl (C=O) groups excluding carboxylic acids is 1.